The van der Waals surface area contributed by atoms with Gasteiger partial charge in [-0.05, 0) is 54.1 Å². The predicted octanol–water partition coefficient (Wildman–Crippen LogP) is 8.31. The van der Waals surface area contributed by atoms with Crippen molar-refractivity contribution in [3.63, 3.8) is 0 Å². The van der Waals surface area contributed by atoms with Gasteiger partial charge in [-0.25, -0.2) is 4.99 Å². The minimum atomic E-state index is 0.143. The summed E-state index contributed by atoms with van der Waals surface area (Å²) in [6, 6.07) is 21.8. The monoisotopic (exact) mass is 502 g/mol. The number of aliphatic imine (C=N–C) groups is 1. The van der Waals surface area contributed by atoms with Crippen molar-refractivity contribution in [2.24, 2.45) is 4.99 Å². The lowest BCUT2D eigenvalue weighted by Crippen LogP contribution is -1.96. The lowest BCUT2D eigenvalue weighted by Gasteiger charge is -2.08. The third-order valence-electron chi connectivity index (χ3n) is 5.11. The maximum Gasteiger partial charge on any atom is 0.238 e. The first-order valence-electron chi connectivity index (χ1n) is 10.5. The molecule has 172 valence electrons. The summed E-state index contributed by atoms with van der Waals surface area (Å²) in [5.74, 6) is 2.09. The van der Waals surface area contributed by atoms with Crippen molar-refractivity contribution in [2.75, 3.05) is 0 Å². The maximum atomic E-state index is 9.87. The quantitative estimate of drug-likeness (QED) is 0.209. The number of ether oxygens (including phenoxy) is 1. The summed E-state index contributed by atoms with van der Waals surface area (Å²) in [5, 5.41) is 11.0. The Kier molecular flexibility index (Phi) is 6.44. The Morgan fingerprint density at radius 1 is 0.943 bits per heavy atom. The van der Waals surface area contributed by atoms with Crippen molar-refractivity contribution in [2.45, 2.75) is 6.61 Å². The lowest BCUT2D eigenvalue weighted by molar-refractivity contribution is 0.306. The summed E-state index contributed by atoms with van der Waals surface area (Å²) in [6.07, 6.45) is 4.65. The van der Waals surface area contributed by atoms with Gasteiger partial charge in [0.25, 0.3) is 0 Å². The standard InChI is InChI=1S/C27H16Cl2N2O4/c28-19-9-8-18(22(29)13-19)16-34-20-5-1-4-17(12-20)15-31-27-21(14-30)25(23-6-2-10-32-23)26(35-27)24-7-3-11-33-24/h1-13,15H,16H2. The summed E-state index contributed by atoms with van der Waals surface area (Å²) in [5.41, 5.74) is 2.30. The fourth-order valence-corrected chi connectivity index (χ4v) is 3.93. The molecule has 5 aromatic rings. The number of nitriles is 1. The molecule has 5 rings (SSSR count). The number of nitrogens with zero attached hydrogens (tertiary/aromatic N) is 2. The van der Waals surface area contributed by atoms with Gasteiger partial charge in [0.1, 0.15) is 29.7 Å². The van der Waals surface area contributed by atoms with E-state index in [1.54, 1.807) is 42.6 Å². The van der Waals surface area contributed by atoms with Crippen LogP contribution < -0.4 is 4.74 Å². The first kappa shape index (κ1) is 22.6. The summed E-state index contributed by atoms with van der Waals surface area (Å²) >= 11 is 12.2. The molecule has 0 aliphatic heterocycles. The zero-order valence-corrected chi connectivity index (χ0v) is 19.6. The molecule has 3 heterocycles. The van der Waals surface area contributed by atoms with Gasteiger partial charge >= 0.3 is 0 Å². The van der Waals surface area contributed by atoms with Gasteiger partial charge in [0.15, 0.2) is 11.5 Å². The zero-order valence-electron chi connectivity index (χ0n) is 18.1. The summed E-state index contributed by atoms with van der Waals surface area (Å²) < 4.78 is 22.9. The molecule has 0 aliphatic carbocycles. The summed E-state index contributed by atoms with van der Waals surface area (Å²) in [4.78, 5) is 4.44. The van der Waals surface area contributed by atoms with Gasteiger partial charge in [-0.1, -0.05) is 41.4 Å². The SMILES string of the molecule is N#Cc1c(N=Cc2cccc(OCc3ccc(Cl)cc3Cl)c2)oc(-c2ccco2)c1-c1ccco1. The van der Waals surface area contributed by atoms with Crippen molar-refractivity contribution >= 4 is 35.3 Å². The number of hydrogen-bond acceptors (Lipinski definition) is 6. The van der Waals surface area contributed by atoms with Gasteiger partial charge < -0.3 is 18.0 Å². The molecule has 0 amide bonds. The number of halogens is 2. The Hall–Kier alpha value is -4.18. The fourth-order valence-electron chi connectivity index (χ4n) is 3.47. The largest absolute Gasteiger partial charge is 0.489 e. The Morgan fingerprint density at radius 2 is 1.74 bits per heavy atom. The van der Waals surface area contributed by atoms with E-state index in [-0.39, 0.29) is 18.1 Å². The fraction of sp³-hybridized carbons (Fsp3) is 0.0370. The zero-order chi connectivity index (χ0) is 24.2. The smallest absolute Gasteiger partial charge is 0.238 e. The topological polar surface area (TPSA) is 84.8 Å². The van der Waals surface area contributed by atoms with Crippen LogP contribution in [0.2, 0.25) is 10.0 Å². The third kappa shape index (κ3) is 4.87. The van der Waals surface area contributed by atoms with Gasteiger partial charge in [0, 0.05) is 21.8 Å². The molecule has 0 saturated carbocycles. The molecule has 6 nitrogen and oxygen atoms in total. The number of hydrogen-bond donors (Lipinski definition) is 0. The highest BCUT2D eigenvalue weighted by atomic mass is 35.5. The molecule has 0 fully saturated rings. The van der Waals surface area contributed by atoms with Crippen LogP contribution in [0.1, 0.15) is 16.7 Å². The second-order valence-electron chi connectivity index (χ2n) is 7.41. The van der Waals surface area contributed by atoms with Crippen molar-refractivity contribution in [1.29, 1.82) is 5.26 Å². The molecule has 0 saturated heterocycles. The molecule has 2 aromatic carbocycles. The second-order valence-corrected chi connectivity index (χ2v) is 8.25. The van der Waals surface area contributed by atoms with E-state index >= 15 is 0 Å². The molecule has 0 atom stereocenters. The van der Waals surface area contributed by atoms with Crippen molar-refractivity contribution in [1.82, 2.24) is 0 Å². The first-order valence-corrected chi connectivity index (χ1v) is 11.2. The van der Waals surface area contributed by atoms with E-state index in [9.17, 15) is 5.26 Å². The Labute approximate surface area is 210 Å². The van der Waals surface area contributed by atoms with E-state index in [0.29, 0.717) is 38.6 Å². The van der Waals surface area contributed by atoms with Crippen molar-refractivity contribution in [3.8, 4) is 34.7 Å². The van der Waals surface area contributed by atoms with Crippen molar-refractivity contribution < 1.29 is 18.0 Å². The molecule has 0 unspecified atom stereocenters. The average molecular weight is 503 g/mol. The van der Waals surface area contributed by atoms with Crippen LogP contribution in [-0.4, -0.2) is 6.21 Å². The lowest BCUT2D eigenvalue weighted by atomic mass is 10.1. The molecule has 0 bridgehead atoms. The predicted molar refractivity (Wildman–Crippen MR) is 133 cm³/mol. The van der Waals surface area contributed by atoms with Gasteiger partial charge in [0.05, 0.1) is 18.1 Å². The van der Waals surface area contributed by atoms with Crippen LogP contribution in [0.3, 0.4) is 0 Å². The van der Waals surface area contributed by atoms with Crippen LogP contribution in [0.4, 0.5) is 5.88 Å². The van der Waals surface area contributed by atoms with Crippen LogP contribution in [0.15, 0.2) is 97.5 Å². The van der Waals surface area contributed by atoms with Crippen LogP contribution in [0.25, 0.3) is 22.8 Å². The molecule has 35 heavy (non-hydrogen) atoms. The molecule has 0 aliphatic rings. The van der Waals surface area contributed by atoms with Crippen LogP contribution in [-0.2, 0) is 6.61 Å². The first-order chi connectivity index (χ1) is 17.1. The van der Waals surface area contributed by atoms with Gasteiger partial charge in [-0.3, -0.25) is 0 Å². The average Bonchev–Trinajstić information content (AvgIpc) is 3.63. The highest BCUT2D eigenvalue weighted by molar-refractivity contribution is 6.35. The van der Waals surface area contributed by atoms with Gasteiger partial charge in [0.2, 0.25) is 5.88 Å². The highest BCUT2D eigenvalue weighted by Gasteiger charge is 2.26. The highest BCUT2D eigenvalue weighted by Crippen LogP contribution is 2.42. The van der Waals surface area contributed by atoms with Gasteiger partial charge in [-0.2, -0.15) is 5.26 Å². The van der Waals surface area contributed by atoms with E-state index in [1.807, 2.05) is 30.3 Å². The summed E-state index contributed by atoms with van der Waals surface area (Å²) in [7, 11) is 0. The molecule has 0 N–H and O–H groups in total. The second kappa shape index (κ2) is 9.98. The van der Waals surface area contributed by atoms with Gasteiger partial charge in [-0.15, -0.1) is 0 Å². The van der Waals surface area contributed by atoms with E-state index in [0.717, 1.165) is 11.1 Å². The Morgan fingerprint density at radius 3 is 2.46 bits per heavy atom. The normalized spacial score (nSPS) is 11.1. The minimum Gasteiger partial charge on any atom is -0.489 e. The molecule has 8 heteroatoms. The summed E-state index contributed by atoms with van der Waals surface area (Å²) in [6.45, 7) is 0.284. The van der Waals surface area contributed by atoms with Crippen LogP contribution >= 0.6 is 23.2 Å². The van der Waals surface area contributed by atoms with Crippen LogP contribution in [0, 0.1) is 11.3 Å². The van der Waals surface area contributed by atoms with E-state index in [1.165, 1.54) is 12.5 Å². The number of rotatable bonds is 7. The van der Waals surface area contributed by atoms with Crippen molar-refractivity contribution in [3.05, 3.63) is 106 Å². The molecule has 0 spiro atoms. The number of furan rings is 3. The Balaban J connectivity index is 1.42. The van der Waals surface area contributed by atoms with E-state index in [2.05, 4.69) is 11.1 Å². The van der Waals surface area contributed by atoms with E-state index < -0.39 is 0 Å². The molecular weight excluding hydrogens is 487 g/mol. The minimum absolute atomic E-state index is 0.143. The molecule has 0 radical (unpaired) electrons. The van der Waals surface area contributed by atoms with E-state index in [4.69, 9.17) is 41.2 Å². The van der Waals surface area contributed by atoms with Crippen LogP contribution in [0.5, 0.6) is 5.75 Å². The number of benzene rings is 2. The third-order valence-corrected chi connectivity index (χ3v) is 5.70. The Bertz CT molecular complexity index is 1530. The molecular formula is C27H16Cl2N2O4. The molecule has 3 aromatic heterocycles. The maximum absolute atomic E-state index is 9.87.